The Balaban J connectivity index is 1.77. The van der Waals surface area contributed by atoms with E-state index in [1.165, 1.54) is 0 Å². The number of para-hydroxylation sites is 1. The Kier molecular flexibility index (Phi) is 2.81. The third-order valence-corrected chi connectivity index (χ3v) is 4.06. The first-order valence-corrected chi connectivity index (χ1v) is 7.22. The van der Waals surface area contributed by atoms with Crippen molar-refractivity contribution < 1.29 is 9.53 Å². The molecule has 2 aliphatic rings. The molecular weight excluding hydrogens is 264 g/mol. The minimum Gasteiger partial charge on any atom is -0.489 e. The summed E-state index contributed by atoms with van der Waals surface area (Å²) < 4.78 is 5.72. The fraction of sp³-hybridized carbons (Fsp3) is 0.235. The van der Waals surface area contributed by atoms with Crippen LogP contribution >= 0.6 is 0 Å². The molecule has 2 aliphatic heterocycles. The lowest BCUT2D eigenvalue weighted by Crippen LogP contribution is -2.47. The van der Waals surface area contributed by atoms with Crippen molar-refractivity contribution >= 4 is 17.3 Å². The topological polar surface area (TPSA) is 32.8 Å². The fourth-order valence-corrected chi connectivity index (χ4v) is 3.05. The third kappa shape index (κ3) is 1.95. The predicted molar refractivity (Wildman–Crippen MR) is 82.3 cm³/mol. The van der Waals surface area contributed by atoms with E-state index in [1.54, 1.807) is 0 Å². The van der Waals surface area contributed by atoms with Crippen LogP contribution in [0.15, 0.2) is 48.5 Å². The second-order valence-corrected chi connectivity index (χ2v) is 5.28. The first kappa shape index (κ1) is 12.3. The van der Waals surface area contributed by atoms with Gasteiger partial charge in [-0.15, -0.1) is 0 Å². The molecule has 2 aromatic carbocycles. The number of carbonyl (C=O) groups is 1. The summed E-state index contributed by atoms with van der Waals surface area (Å²) in [6, 6.07) is 15.4. The Hall–Kier alpha value is -2.49. The highest BCUT2D eigenvalue weighted by molar-refractivity contribution is 6.09. The average Bonchev–Trinajstić information content (AvgIpc) is 2.56. The highest BCUT2D eigenvalue weighted by atomic mass is 16.5. The van der Waals surface area contributed by atoms with Gasteiger partial charge in [0.1, 0.15) is 18.0 Å². The van der Waals surface area contributed by atoms with Crippen LogP contribution in [0.1, 0.15) is 10.4 Å². The Labute approximate surface area is 123 Å². The SMILES string of the molecule is O=C(c1ccccc1)N1CCN2CCOc3cccc1c32. The van der Waals surface area contributed by atoms with Crippen LogP contribution in [0.25, 0.3) is 0 Å². The molecule has 2 heterocycles. The number of hydrogen-bond acceptors (Lipinski definition) is 3. The smallest absolute Gasteiger partial charge is 0.258 e. The molecule has 4 rings (SSSR count). The molecule has 0 fully saturated rings. The summed E-state index contributed by atoms with van der Waals surface area (Å²) in [7, 11) is 0. The Morgan fingerprint density at radius 2 is 1.81 bits per heavy atom. The number of rotatable bonds is 1. The summed E-state index contributed by atoms with van der Waals surface area (Å²) in [4.78, 5) is 16.9. The highest BCUT2D eigenvalue weighted by Gasteiger charge is 2.31. The second kappa shape index (κ2) is 4.81. The van der Waals surface area contributed by atoms with Gasteiger partial charge in [0.25, 0.3) is 5.91 Å². The summed E-state index contributed by atoms with van der Waals surface area (Å²) in [5.74, 6) is 0.929. The van der Waals surface area contributed by atoms with Crippen LogP contribution in [-0.2, 0) is 0 Å². The minimum atomic E-state index is 0.0502. The molecule has 0 bridgehead atoms. The van der Waals surface area contributed by atoms with E-state index < -0.39 is 0 Å². The van der Waals surface area contributed by atoms with Gasteiger partial charge in [0.15, 0.2) is 0 Å². The van der Waals surface area contributed by atoms with Gasteiger partial charge in [-0.25, -0.2) is 0 Å². The minimum absolute atomic E-state index is 0.0502. The van der Waals surface area contributed by atoms with Crippen LogP contribution < -0.4 is 14.5 Å². The van der Waals surface area contributed by atoms with Crippen LogP contribution in [0.4, 0.5) is 11.4 Å². The van der Waals surface area contributed by atoms with E-state index >= 15 is 0 Å². The summed E-state index contributed by atoms with van der Waals surface area (Å²) in [5, 5.41) is 0. The molecule has 0 saturated carbocycles. The summed E-state index contributed by atoms with van der Waals surface area (Å²) in [5.41, 5.74) is 2.73. The lowest BCUT2D eigenvalue weighted by atomic mass is 10.1. The van der Waals surface area contributed by atoms with E-state index in [1.807, 2.05) is 53.4 Å². The van der Waals surface area contributed by atoms with Gasteiger partial charge in [0.2, 0.25) is 0 Å². The van der Waals surface area contributed by atoms with Gasteiger partial charge >= 0.3 is 0 Å². The van der Waals surface area contributed by atoms with Gasteiger partial charge in [-0.1, -0.05) is 24.3 Å². The van der Waals surface area contributed by atoms with Crippen molar-refractivity contribution in [1.82, 2.24) is 0 Å². The molecule has 4 heteroatoms. The van der Waals surface area contributed by atoms with Gasteiger partial charge in [0, 0.05) is 18.7 Å². The molecule has 106 valence electrons. The largest absolute Gasteiger partial charge is 0.489 e. The van der Waals surface area contributed by atoms with Crippen molar-refractivity contribution in [3.63, 3.8) is 0 Å². The highest BCUT2D eigenvalue weighted by Crippen LogP contribution is 2.42. The first-order chi connectivity index (χ1) is 10.3. The van der Waals surface area contributed by atoms with Crippen molar-refractivity contribution in [2.24, 2.45) is 0 Å². The van der Waals surface area contributed by atoms with Crippen LogP contribution in [0.3, 0.4) is 0 Å². The zero-order valence-corrected chi connectivity index (χ0v) is 11.7. The Bertz CT molecular complexity index is 684. The van der Waals surface area contributed by atoms with Crippen LogP contribution in [0, 0.1) is 0 Å². The number of benzene rings is 2. The molecule has 0 atom stereocenters. The lowest BCUT2D eigenvalue weighted by molar-refractivity contribution is 0.0986. The van der Waals surface area contributed by atoms with E-state index in [0.29, 0.717) is 13.2 Å². The second-order valence-electron chi connectivity index (χ2n) is 5.28. The summed E-state index contributed by atoms with van der Waals surface area (Å²) >= 11 is 0. The van der Waals surface area contributed by atoms with E-state index in [-0.39, 0.29) is 5.91 Å². The zero-order chi connectivity index (χ0) is 14.2. The van der Waals surface area contributed by atoms with Crippen molar-refractivity contribution in [3.05, 3.63) is 54.1 Å². The molecule has 0 unspecified atom stereocenters. The number of carbonyl (C=O) groups excluding carboxylic acids is 1. The summed E-state index contributed by atoms with van der Waals surface area (Å²) in [6.45, 7) is 3.16. The molecule has 1 amide bonds. The van der Waals surface area contributed by atoms with E-state index in [9.17, 15) is 4.79 Å². The van der Waals surface area contributed by atoms with Crippen molar-refractivity contribution in [1.29, 1.82) is 0 Å². The number of anilines is 2. The number of hydrogen-bond donors (Lipinski definition) is 0. The van der Waals surface area contributed by atoms with Crippen LogP contribution in [0.5, 0.6) is 5.75 Å². The molecule has 0 aliphatic carbocycles. The molecule has 0 saturated heterocycles. The maximum Gasteiger partial charge on any atom is 0.258 e. The van der Waals surface area contributed by atoms with E-state index in [2.05, 4.69) is 4.90 Å². The normalized spacial score (nSPS) is 16.2. The van der Waals surface area contributed by atoms with Crippen LogP contribution in [0.2, 0.25) is 0 Å². The van der Waals surface area contributed by atoms with Gasteiger partial charge in [-0.2, -0.15) is 0 Å². The lowest BCUT2D eigenvalue weighted by Gasteiger charge is -2.41. The van der Waals surface area contributed by atoms with Crippen LogP contribution in [-0.4, -0.2) is 32.1 Å². The van der Waals surface area contributed by atoms with Crippen molar-refractivity contribution in [2.45, 2.75) is 0 Å². The first-order valence-electron chi connectivity index (χ1n) is 7.22. The fourth-order valence-electron chi connectivity index (χ4n) is 3.05. The molecule has 0 spiro atoms. The van der Waals surface area contributed by atoms with Gasteiger partial charge in [-0.3, -0.25) is 4.79 Å². The van der Waals surface area contributed by atoms with E-state index in [4.69, 9.17) is 4.74 Å². The number of amides is 1. The number of ether oxygens (including phenoxy) is 1. The molecule has 4 nitrogen and oxygen atoms in total. The molecule has 0 radical (unpaired) electrons. The molecule has 21 heavy (non-hydrogen) atoms. The molecule has 0 N–H and O–H groups in total. The standard InChI is InChI=1S/C17H16N2O2/c20-17(13-5-2-1-3-6-13)19-10-9-18-11-12-21-15-8-4-7-14(19)16(15)18/h1-8H,9-12H2. The zero-order valence-electron chi connectivity index (χ0n) is 11.7. The molecule has 0 aromatic heterocycles. The van der Waals surface area contributed by atoms with Crippen molar-refractivity contribution in [2.75, 3.05) is 36.0 Å². The Morgan fingerprint density at radius 3 is 2.67 bits per heavy atom. The molecular formula is C17H16N2O2. The summed E-state index contributed by atoms with van der Waals surface area (Å²) in [6.07, 6.45) is 0. The van der Waals surface area contributed by atoms with E-state index in [0.717, 1.165) is 35.8 Å². The van der Waals surface area contributed by atoms with Gasteiger partial charge < -0.3 is 14.5 Å². The third-order valence-electron chi connectivity index (χ3n) is 4.06. The van der Waals surface area contributed by atoms with Gasteiger partial charge in [-0.05, 0) is 24.3 Å². The Morgan fingerprint density at radius 1 is 0.952 bits per heavy atom. The molecule has 2 aromatic rings. The number of nitrogens with zero attached hydrogens (tertiary/aromatic N) is 2. The maximum absolute atomic E-state index is 12.8. The quantitative estimate of drug-likeness (QED) is 0.805. The average molecular weight is 280 g/mol. The predicted octanol–water partition coefficient (Wildman–Crippen LogP) is 2.55. The monoisotopic (exact) mass is 280 g/mol. The van der Waals surface area contributed by atoms with Crippen molar-refractivity contribution in [3.8, 4) is 5.75 Å². The maximum atomic E-state index is 12.8. The van der Waals surface area contributed by atoms with Gasteiger partial charge in [0.05, 0.1) is 12.2 Å².